The number of hydrogen-bond acceptors (Lipinski definition) is 4. The van der Waals surface area contributed by atoms with Crippen LogP contribution in [-0.4, -0.2) is 42.0 Å². The number of nitrogens with one attached hydrogen (secondary N) is 1. The molecule has 0 atom stereocenters. The Morgan fingerprint density at radius 1 is 1.32 bits per heavy atom. The van der Waals surface area contributed by atoms with E-state index >= 15 is 0 Å². The van der Waals surface area contributed by atoms with E-state index in [1.54, 1.807) is 17.5 Å². The van der Waals surface area contributed by atoms with Crippen LogP contribution < -0.4 is 5.32 Å². The van der Waals surface area contributed by atoms with E-state index in [4.69, 9.17) is 0 Å². The van der Waals surface area contributed by atoms with Gasteiger partial charge in [0.05, 0.1) is 5.01 Å². The Morgan fingerprint density at radius 3 is 3.05 bits per heavy atom. The van der Waals surface area contributed by atoms with E-state index in [0.717, 1.165) is 31.1 Å². The van der Waals surface area contributed by atoms with Gasteiger partial charge in [-0.1, -0.05) is 18.2 Å². The summed E-state index contributed by atoms with van der Waals surface area (Å²) in [5.74, 6) is -0.260. The minimum absolute atomic E-state index is 0.0280. The summed E-state index contributed by atoms with van der Waals surface area (Å²) >= 11 is 1.41. The Hall–Kier alpha value is -1.79. The molecule has 1 N–H and O–H groups in total. The van der Waals surface area contributed by atoms with Gasteiger partial charge in [-0.3, -0.25) is 4.79 Å². The third kappa shape index (κ3) is 3.51. The van der Waals surface area contributed by atoms with E-state index < -0.39 is 0 Å². The Labute approximate surface area is 133 Å². The Kier molecular flexibility index (Phi) is 4.80. The lowest BCUT2D eigenvalue weighted by Gasteiger charge is -2.18. The van der Waals surface area contributed by atoms with Gasteiger partial charge in [-0.15, -0.1) is 11.3 Å². The largest absolute Gasteiger partial charge is 0.336 e. The maximum Gasteiger partial charge on any atom is 0.273 e. The molecule has 2 aromatic rings. The molecule has 0 spiro atoms. The van der Waals surface area contributed by atoms with Crippen molar-refractivity contribution in [3.8, 4) is 0 Å². The number of carbonyl (C=O) groups is 1. The summed E-state index contributed by atoms with van der Waals surface area (Å²) in [6, 6.07) is 6.67. The zero-order chi connectivity index (χ0) is 15.4. The van der Waals surface area contributed by atoms with Crippen molar-refractivity contribution in [2.45, 2.75) is 12.8 Å². The monoisotopic (exact) mass is 319 g/mol. The maximum absolute atomic E-state index is 13.7. The zero-order valence-corrected chi connectivity index (χ0v) is 13.0. The van der Waals surface area contributed by atoms with Gasteiger partial charge in [0.25, 0.3) is 5.91 Å². The first-order valence-corrected chi connectivity index (χ1v) is 8.30. The molecule has 3 rings (SSSR count). The molecule has 0 unspecified atom stereocenters. The standard InChI is InChI=1S/C16H18FN3OS/c17-13-5-2-1-4-12(13)10-15-19-14(11-22-15)16(21)20-8-3-6-18-7-9-20/h1-2,4-5,11,18H,3,6-10H2. The molecular formula is C16H18FN3OS. The molecule has 0 radical (unpaired) electrons. The summed E-state index contributed by atoms with van der Waals surface area (Å²) in [6.07, 6.45) is 1.38. The highest BCUT2D eigenvalue weighted by Crippen LogP contribution is 2.18. The fraction of sp³-hybridized carbons (Fsp3) is 0.375. The average molecular weight is 319 g/mol. The van der Waals surface area contributed by atoms with E-state index in [-0.39, 0.29) is 11.7 Å². The van der Waals surface area contributed by atoms with Crippen molar-refractivity contribution in [2.75, 3.05) is 26.2 Å². The van der Waals surface area contributed by atoms with Crippen LogP contribution >= 0.6 is 11.3 Å². The van der Waals surface area contributed by atoms with Crippen LogP contribution in [0.15, 0.2) is 29.6 Å². The SMILES string of the molecule is O=C(c1csc(Cc2ccccc2F)n1)N1CCCNCC1. The normalized spacial score (nSPS) is 15.6. The van der Waals surface area contributed by atoms with Gasteiger partial charge in [0.2, 0.25) is 0 Å². The van der Waals surface area contributed by atoms with Gasteiger partial charge in [0, 0.05) is 31.4 Å². The first kappa shape index (κ1) is 15.1. The molecule has 1 aliphatic rings. The number of benzene rings is 1. The molecule has 1 aliphatic heterocycles. The van der Waals surface area contributed by atoms with Crippen LogP contribution in [0.3, 0.4) is 0 Å². The van der Waals surface area contributed by atoms with Crippen LogP contribution in [0.4, 0.5) is 4.39 Å². The smallest absolute Gasteiger partial charge is 0.273 e. The molecule has 0 aliphatic carbocycles. The third-order valence-corrected chi connectivity index (χ3v) is 4.55. The van der Waals surface area contributed by atoms with Gasteiger partial charge in [-0.2, -0.15) is 0 Å². The fourth-order valence-electron chi connectivity index (χ4n) is 2.51. The second kappa shape index (κ2) is 6.98. The molecule has 2 heterocycles. The highest BCUT2D eigenvalue weighted by Gasteiger charge is 2.19. The maximum atomic E-state index is 13.7. The Morgan fingerprint density at radius 2 is 2.18 bits per heavy atom. The molecule has 0 saturated carbocycles. The number of aromatic nitrogens is 1. The molecule has 6 heteroatoms. The number of thiazole rings is 1. The Bertz CT molecular complexity index is 650. The van der Waals surface area contributed by atoms with Crippen molar-refractivity contribution < 1.29 is 9.18 Å². The molecular weight excluding hydrogens is 301 g/mol. The molecule has 1 aromatic heterocycles. The van der Waals surface area contributed by atoms with Gasteiger partial charge in [-0.05, 0) is 24.6 Å². The Balaban J connectivity index is 1.70. The quantitative estimate of drug-likeness (QED) is 0.944. The topological polar surface area (TPSA) is 45.2 Å². The summed E-state index contributed by atoms with van der Waals surface area (Å²) in [6.45, 7) is 3.22. The fourth-order valence-corrected chi connectivity index (χ4v) is 3.30. The van der Waals surface area contributed by atoms with Gasteiger partial charge < -0.3 is 10.2 Å². The minimum Gasteiger partial charge on any atom is -0.336 e. The van der Waals surface area contributed by atoms with E-state index in [1.807, 2.05) is 11.0 Å². The zero-order valence-electron chi connectivity index (χ0n) is 12.2. The molecule has 1 saturated heterocycles. The van der Waals surface area contributed by atoms with Crippen molar-refractivity contribution in [3.63, 3.8) is 0 Å². The highest BCUT2D eigenvalue weighted by molar-refractivity contribution is 7.09. The lowest BCUT2D eigenvalue weighted by molar-refractivity contribution is 0.0761. The van der Waals surface area contributed by atoms with E-state index in [0.29, 0.717) is 24.2 Å². The van der Waals surface area contributed by atoms with Crippen molar-refractivity contribution in [1.82, 2.24) is 15.2 Å². The number of halogens is 1. The molecule has 0 bridgehead atoms. The van der Waals surface area contributed by atoms with Crippen molar-refractivity contribution in [1.29, 1.82) is 0 Å². The lowest BCUT2D eigenvalue weighted by atomic mass is 10.1. The van der Waals surface area contributed by atoms with Crippen LogP contribution in [0, 0.1) is 5.82 Å². The van der Waals surface area contributed by atoms with Crippen LogP contribution in [0.5, 0.6) is 0 Å². The summed E-state index contributed by atoms with van der Waals surface area (Å²) in [4.78, 5) is 18.7. The average Bonchev–Trinajstić information content (AvgIpc) is 2.82. The first-order chi connectivity index (χ1) is 10.7. The highest BCUT2D eigenvalue weighted by atomic mass is 32.1. The summed E-state index contributed by atoms with van der Waals surface area (Å²) < 4.78 is 13.7. The molecule has 1 amide bonds. The molecule has 22 heavy (non-hydrogen) atoms. The third-order valence-electron chi connectivity index (χ3n) is 3.70. The van der Waals surface area contributed by atoms with Crippen LogP contribution in [0.25, 0.3) is 0 Å². The number of rotatable bonds is 3. The number of amides is 1. The van der Waals surface area contributed by atoms with Gasteiger partial charge in [0.15, 0.2) is 0 Å². The number of hydrogen-bond donors (Lipinski definition) is 1. The summed E-state index contributed by atoms with van der Waals surface area (Å²) in [5, 5.41) is 5.81. The molecule has 4 nitrogen and oxygen atoms in total. The summed E-state index contributed by atoms with van der Waals surface area (Å²) in [5.41, 5.74) is 1.08. The predicted octanol–water partition coefficient (Wildman–Crippen LogP) is 2.31. The van der Waals surface area contributed by atoms with Crippen molar-refractivity contribution in [2.24, 2.45) is 0 Å². The second-order valence-electron chi connectivity index (χ2n) is 5.29. The van der Waals surface area contributed by atoms with Gasteiger partial charge in [-0.25, -0.2) is 9.37 Å². The van der Waals surface area contributed by atoms with Crippen molar-refractivity contribution >= 4 is 17.2 Å². The van der Waals surface area contributed by atoms with Crippen LogP contribution in [-0.2, 0) is 6.42 Å². The summed E-state index contributed by atoms with van der Waals surface area (Å²) in [7, 11) is 0. The first-order valence-electron chi connectivity index (χ1n) is 7.42. The second-order valence-corrected chi connectivity index (χ2v) is 6.23. The minimum atomic E-state index is -0.232. The van der Waals surface area contributed by atoms with Crippen molar-refractivity contribution in [3.05, 3.63) is 51.7 Å². The van der Waals surface area contributed by atoms with Gasteiger partial charge in [0.1, 0.15) is 11.5 Å². The van der Waals surface area contributed by atoms with Crippen LogP contribution in [0.1, 0.15) is 27.5 Å². The van der Waals surface area contributed by atoms with E-state index in [1.165, 1.54) is 17.4 Å². The lowest BCUT2D eigenvalue weighted by Crippen LogP contribution is -2.34. The number of carbonyl (C=O) groups excluding carboxylic acids is 1. The van der Waals surface area contributed by atoms with Gasteiger partial charge >= 0.3 is 0 Å². The van der Waals surface area contributed by atoms with Crippen LogP contribution in [0.2, 0.25) is 0 Å². The molecule has 1 fully saturated rings. The van der Waals surface area contributed by atoms with E-state index in [9.17, 15) is 9.18 Å². The molecule has 1 aromatic carbocycles. The number of nitrogens with zero attached hydrogens (tertiary/aromatic N) is 2. The molecule has 116 valence electrons. The predicted molar refractivity (Wildman–Crippen MR) is 84.7 cm³/mol. The van der Waals surface area contributed by atoms with E-state index in [2.05, 4.69) is 10.3 Å².